The van der Waals surface area contributed by atoms with Crippen LogP contribution in [0.5, 0.6) is 0 Å². The van der Waals surface area contributed by atoms with Crippen molar-refractivity contribution < 1.29 is 17.3 Å². The first-order valence-corrected chi connectivity index (χ1v) is 8.12. The number of sulfonamides is 1. The molecule has 0 radical (unpaired) electrons. The van der Waals surface area contributed by atoms with Gasteiger partial charge in [-0.1, -0.05) is 0 Å². The third-order valence-electron chi connectivity index (χ3n) is 3.18. The molecule has 0 fully saturated rings. The fraction of sp³-hybridized carbons (Fsp3) is 0.429. The van der Waals surface area contributed by atoms with Crippen molar-refractivity contribution in [1.29, 1.82) is 0 Å². The summed E-state index contributed by atoms with van der Waals surface area (Å²) < 4.78 is 38.4. The highest BCUT2D eigenvalue weighted by molar-refractivity contribution is 7.89. The lowest BCUT2D eigenvalue weighted by Crippen LogP contribution is -2.25. The van der Waals surface area contributed by atoms with Gasteiger partial charge in [-0.25, -0.2) is 13.1 Å². The molecule has 0 bridgehead atoms. The van der Waals surface area contributed by atoms with Gasteiger partial charge in [0.25, 0.3) is 0 Å². The Morgan fingerprint density at radius 1 is 1.05 bits per heavy atom. The number of hydrogen-bond donors (Lipinski definition) is 2. The first kappa shape index (κ1) is 15.8. The van der Waals surface area contributed by atoms with E-state index in [1.807, 2.05) is 6.92 Å². The zero-order chi connectivity index (χ0) is 15.6. The Kier molecular flexibility index (Phi) is 4.55. The van der Waals surface area contributed by atoms with E-state index in [9.17, 15) is 8.42 Å². The summed E-state index contributed by atoms with van der Waals surface area (Å²) in [5, 5.41) is 2.96. The molecule has 116 valence electrons. The maximum absolute atomic E-state index is 12.5. The molecule has 0 unspecified atom stereocenters. The molecule has 0 atom stereocenters. The van der Waals surface area contributed by atoms with Crippen molar-refractivity contribution in [2.24, 2.45) is 0 Å². The van der Waals surface area contributed by atoms with Crippen molar-refractivity contribution in [3.05, 3.63) is 40.7 Å². The molecular weight excluding hydrogens is 292 g/mol. The molecule has 2 rings (SSSR count). The largest absolute Gasteiger partial charge is 0.465 e. The van der Waals surface area contributed by atoms with Crippen LogP contribution in [0.25, 0.3) is 0 Å². The van der Waals surface area contributed by atoms with E-state index >= 15 is 0 Å². The van der Waals surface area contributed by atoms with E-state index in [-0.39, 0.29) is 11.4 Å². The van der Waals surface area contributed by atoms with Crippen molar-refractivity contribution in [3.63, 3.8) is 0 Å². The Labute approximate surface area is 124 Å². The van der Waals surface area contributed by atoms with Gasteiger partial charge in [-0.15, -0.1) is 0 Å². The monoisotopic (exact) mass is 312 g/mol. The summed E-state index contributed by atoms with van der Waals surface area (Å²) >= 11 is 0. The van der Waals surface area contributed by atoms with Crippen LogP contribution in [0.1, 0.15) is 28.6 Å². The lowest BCUT2D eigenvalue weighted by molar-refractivity contribution is 0.474. The second-order valence-corrected chi connectivity index (χ2v) is 6.59. The van der Waals surface area contributed by atoms with Gasteiger partial charge in [0.05, 0.1) is 6.54 Å². The summed E-state index contributed by atoms with van der Waals surface area (Å²) in [4.78, 5) is 0.206. The lowest BCUT2D eigenvalue weighted by atomic mass is 10.2. The zero-order valence-corrected chi connectivity index (χ0v) is 13.4. The molecule has 2 N–H and O–H groups in total. The number of aryl methyl sites for hydroxylation is 3. The van der Waals surface area contributed by atoms with Crippen LogP contribution in [0.3, 0.4) is 0 Å². The summed E-state index contributed by atoms with van der Waals surface area (Å²) in [5.74, 6) is 2.32. The Balaban J connectivity index is 2.27. The molecule has 2 heterocycles. The molecule has 0 saturated carbocycles. The first-order chi connectivity index (χ1) is 9.85. The summed E-state index contributed by atoms with van der Waals surface area (Å²) in [7, 11) is -1.89. The van der Waals surface area contributed by atoms with Crippen molar-refractivity contribution in [2.75, 3.05) is 7.05 Å². The predicted molar refractivity (Wildman–Crippen MR) is 78.4 cm³/mol. The van der Waals surface area contributed by atoms with Gasteiger partial charge in [0, 0.05) is 12.1 Å². The molecular formula is C14H20N2O4S. The quantitative estimate of drug-likeness (QED) is 0.852. The van der Waals surface area contributed by atoms with Crippen molar-refractivity contribution in [1.82, 2.24) is 10.0 Å². The molecule has 7 heteroatoms. The van der Waals surface area contributed by atoms with Gasteiger partial charge in [0.1, 0.15) is 27.9 Å². The minimum atomic E-state index is -3.66. The first-order valence-electron chi connectivity index (χ1n) is 6.63. The third kappa shape index (κ3) is 3.37. The number of rotatable bonds is 6. The average Bonchev–Trinajstić information content (AvgIpc) is 2.92. The second-order valence-electron chi connectivity index (χ2n) is 4.89. The normalized spacial score (nSPS) is 12.0. The highest BCUT2D eigenvalue weighted by Crippen LogP contribution is 2.26. The topological polar surface area (TPSA) is 84.5 Å². The highest BCUT2D eigenvalue weighted by Gasteiger charge is 2.26. The Morgan fingerprint density at radius 2 is 1.76 bits per heavy atom. The Bertz CT molecular complexity index is 728. The standard InChI is InChI=1S/C14H20N2O4S/c1-9-5-6-12(19-9)7-16-21(17,18)14-11(3)20-10(2)13(14)8-15-4/h5-6,15-16H,7-8H2,1-4H3. The van der Waals surface area contributed by atoms with Crippen LogP contribution in [0, 0.1) is 20.8 Å². The summed E-state index contributed by atoms with van der Waals surface area (Å²) in [6, 6.07) is 3.54. The molecule has 6 nitrogen and oxygen atoms in total. The predicted octanol–water partition coefficient (Wildman–Crippen LogP) is 2.00. The average molecular weight is 312 g/mol. The second kappa shape index (κ2) is 6.05. The fourth-order valence-corrected chi connectivity index (χ4v) is 3.70. The van der Waals surface area contributed by atoms with Crippen LogP contribution < -0.4 is 10.0 Å². The third-order valence-corrected chi connectivity index (χ3v) is 4.78. The Morgan fingerprint density at radius 3 is 2.33 bits per heavy atom. The fourth-order valence-electron chi connectivity index (χ4n) is 2.26. The molecule has 0 aliphatic carbocycles. The van der Waals surface area contributed by atoms with Gasteiger partial charge >= 0.3 is 0 Å². The molecule has 0 amide bonds. The van der Waals surface area contributed by atoms with Gasteiger partial charge in [-0.3, -0.25) is 0 Å². The molecule has 2 aromatic rings. The van der Waals surface area contributed by atoms with Gasteiger partial charge in [-0.05, 0) is 40.0 Å². The maximum Gasteiger partial charge on any atom is 0.244 e. The van der Waals surface area contributed by atoms with E-state index in [1.54, 1.807) is 33.0 Å². The van der Waals surface area contributed by atoms with E-state index in [1.165, 1.54) is 0 Å². The number of nitrogens with one attached hydrogen (secondary N) is 2. The van der Waals surface area contributed by atoms with Crippen molar-refractivity contribution in [2.45, 2.75) is 38.8 Å². The van der Waals surface area contributed by atoms with E-state index in [2.05, 4.69) is 10.0 Å². The van der Waals surface area contributed by atoms with E-state index < -0.39 is 10.0 Å². The highest BCUT2D eigenvalue weighted by atomic mass is 32.2. The molecule has 0 spiro atoms. The van der Waals surface area contributed by atoms with Crippen LogP contribution in [0.2, 0.25) is 0 Å². The van der Waals surface area contributed by atoms with E-state index in [0.717, 1.165) is 5.76 Å². The van der Waals surface area contributed by atoms with Crippen LogP contribution in [0.15, 0.2) is 25.9 Å². The lowest BCUT2D eigenvalue weighted by Gasteiger charge is -2.07. The Hall–Kier alpha value is -1.57. The van der Waals surface area contributed by atoms with Crippen molar-refractivity contribution >= 4 is 10.0 Å². The SMILES string of the molecule is CNCc1c(C)oc(C)c1S(=O)(=O)NCc1ccc(C)o1. The molecule has 0 saturated heterocycles. The minimum absolute atomic E-state index is 0.110. The molecule has 0 aromatic carbocycles. The number of hydrogen-bond acceptors (Lipinski definition) is 5. The van der Waals surface area contributed by atoms with Crippen LogP contribution >= 0.6 is 0 Å². The molecule has 2 aromatic heterocycles. The van der Waals surface area contributed by atoms with E-state index in [4.69, 9.17) is 8.83 Å². The minimum Gasteiger partial charge on any atom is -0.465 e. The van der Waals surface area contributed by atoms with Gasteiger partial charge in [-0.2, -0.15) is 0 Å². The maximum atomic E-state index is 12.5. The molecule has 0 aliphatic rings. The summed E-state index contributed by atoms with van der Waals surface area (Å²) in [6.07, 6.45) is 0. The number of furan rings is 2. The summed E-state index contributed by atoms with van der Waals surface area (Å²) in [6.45, 7) is 5.76. The van der Waals surface area contributed by atoms with Gasteiger partial charge in [0.2, 0.25) is 10.0 Å². The zero-order valence-electron chi connectivity index (χ0n) is 12.6. The van der Waals surface area contributed by atoms with Gasteiger partial charge in [0.15, 0.2) is 0 Å². The van der Waals surface area contributed by atoms with Crippen molar-refractivity contribution in [3.8, 4) is 0 Å². The molecule has 0 aliphatic heterocycles. The molecule has 21 heavy (non-hydrogen) atoms. The van der Waals surface area contributed by atoms with Crippen LogP contribution in [-0.4, -0.2) is 15.5 Å². The summed E-state index contributed by atoms with van der Waals surface area (Å²) in [5.41, 5.74) is 0.651. The van der Waals surface area contributed by atoms with Gasteiger partial charge < -0.3 is 14.2 Å². The van der Waals surface area contributed by atoms with Crippen LogP contribution in [-0.2, 0) is 23.1 Å². The van der Waals surface area contributed by atoms with E-state index in [0.29, 0.717) is 29.4 Å². The smallest absolute Gasteiger partial charge is 0.244 e. The van der Waals surface area contributed by atoms with Crippen LogP contribution in [0.4, 0.5) is 0 Å².